The lowest BCUT2D eigenvalue weighted by Crippen LogP contribution is -2.50. The van der Waals surface area contributed by atoms with Crippen LogP contribution < -0.4 is 4.90 Å². The van der Waals surface area contributed by atoms with Gasteiger partial charge in [0, 0.05) is 11.1 Å². The van der Waals surface area contributed by atoms with Crippen molar-refractivity contribution in [3.05, 3.63) is 55.4 Å². The van der Waals surface area contributed by atoms with Crippen molar-refractivity contribution < 1.29 is 14.5 Å². The van der Waals surface area contributed by atoms with E-state index in [1.807, 2.05) is 13.8 Å². The summed E-state index contributed by atoms with van der Waals surface area (Å²) in [6, 6.07) is 0.783. The maximum atomic E-state index is 13.0. The SMILES string of the molecule is Cc1ccnc(C(C)C)c1N1C(=O)C([N+](=O)[O-])C(=O)c2cc(Cl)c(Cl)nc21. The van der Waals surface area contributed by atoms with Crippen molar-refractivity contribution in [3.63, 3.8) is 0 Å². The molecule has 1 aliphatic heterocycles. The Morgan fingerprint density at radius 2 is 1.96 bits per heavy atom. The van der Waals surface area contributed by atoms with E-state index < -0.39 is 22.7 Å². The molecule has 0 radical (unpaired) electrons. The molecule has 0 spiro atoms. The molecule has 0 aliphatic carbocycles. The number of carbonyl (C=O) groups excluding carboxylic acids is 2. The van der Waals surface area contributed by atoms with Crippen molar-refractivity contribution in [3.8, 4) is 0 Å². The third-order valence-electron chi connectivity index (χ3n) is 4.23. The number of hydrogen-bond acceptors (Lipinski definition) is 6. The van der Waals surface area contributed by atoms with Gasteiger partial charge in [0.1, 0.15) is 5.15 Å². The molecule has 8 nitrogen and oxygen atoms in total. The summed E-state index contributed by atoms with van der Waals surface area (Å²) in [7, 11) is 0. The third-order valence-corrected chi connectivity index (χ3v) is 4.90. The van der Waals surface area contributed by atoms with Crippen LogP contribution in [-0.4, -0.2) is 32.6 Å². The summed E-state index contributed by atoms with van der Waals surface area (Å²) < 4.78 is 0. The Kier molecular flexibility index (Phi) is 4.88. The van der Waals surface area contributed by atoms with E-state index in [2.05, 4.69) is 9.97 Å². The standard InChI is InChI=1S/C17H14Cl2N4O4/c1-7(2)11-12(8(3)4-5-20-11)22-16-9(6-10(18)15(19)21-16)14(24)13(17(22)25)23(26)27/h4-7,13H,1-3H3. The topological polar surface area (TPSA) is 106 Å². The normalized spacial score (nSPS) is 16.7. The number of halogens is 2. The number of amides is 1. The Morgan fingerprint density at radius 1 is 1.30 bits per heavy atom. The lowest BCUT2D eigenvalue weighted by molar-refractivity contribution is -0.491. The minimum Gasteiger partial charge on any atom is -0.286 e. The highest BCUT2D eigenvalue weighted by Gasteiger charge is 2.50. The van der Waals surface area contributed by atoms with Gasteiger partial charge in [0.15, 0.2) is 5.82 Å². The third kappa shape index (κ3) is 3.04. The van der Waals surface area contributed by atoms with Crippen molar-refractivity contribution >= 4 is 46.4 Å². The quantitative estimate of drug-likeness (QED) is 0.331. The van der Waals surface area contributed by atoms with E-state index in [0.29, 0.717) is 16.9 Å². The molecule has 0 saturated carbocycles. The molecule has 0 N–H and O–H groups in total. The first-order valence-electron chi connectivity index (χ1n) is 7.98. The maximum absolute atomic E-state index is 13.0. The highest BCUT2D eigenvalue weighted by atomic mass is 35.5. The van der Waals surface area contributed by atoms with Crippen LogP contribution in [0.25, 0.3) is 0 Å². The zero-order chi connectivity index (χ0) is 20.0. The Morgan fingerprint density at radius 3 is 2.56 bits per heavy atom. The summed E-state index contributed by atoms with van der Waals surface area (Å²) in [6.45, 7) is 5.49. The Hall–Kier alpha value is -2.58. The van der Waals surface area contributed by atoms with Crippen LogP contribution in [0.3, 0.4) is 0 Å². The second-order valence-electron chi connectivity index (χ2n) is 6.37. The van der Waals surface area contributed by atoms with E-state index >= 15 is 0 Å². The largest absolute Gasteiger partial charge is 0.352 e. The molecule has 1 unspecified atom stereocenters. The Labute approximate surface area is 164 Å². The van der Waals surface area contributed by atoms with E-state index in [1.165, 1.54) is 6.07 Å². The molecular weight excluding hydrogens is 395 g/mol. The molecule has 10 heteroatoms. The highest BCUT2D eigenvalue weighted by Crippen LogP contribution is 2.40. The average molecular weight is 409 g/mol. The molecule has 1 atom stereocenters. The number of pyridine rings is 2. The van der Waals surface area contributed by atoms with Crippen molar-refractivity contribution in [1.29, 1.82) is 0 Å². The van der Waals surface area contributed by atoms with Crippen LogP contribution >= 0.6 is 23.2 Å². The first kappa shape index (κ1) is 19.2. The van der Waals surface area contributed by atoms with Crippen LogP contribution in [0.15, 0.2) is 18.3 Å². The van der Waals surface area contributed by atoms with E-state index in [0.717, 1.165) is 4.90 Å². The molecule has 0 fully saturated rings. The number of rotatable bonds is 3. The molecule has 2 aromatic heterocycles. The summed E-state index contributed by atoms with van der Waals surface area (Å²) >= 11 is 11.9. The molecule has 1 aliphatic rings. The van der Waals surface area contributed by atoms with E-state index in [4.69, 9.17) is 23.2 Å². The second-order valence-corrected chi connectivity index (χ2v) is 7.14. The summed E-state index contributed by atoms with van der Waals surface area (Å²) in [6.07, 6.45) is 1.59. The van der Waals surface area contributed by atoms with Gasteiger partial charge in [-0.3, -0.25) is 29.6 Å². The lowest BCUT2D eigenvalue weighted by atomic mass is 9.96. The fraction of sp³-hybridized carbons (Fsp3) is 0.294. The first-order chi connectivity index (χ1) is 12.6. The fourth-order valence-corrected chi connectivity index (χ4v) is 3.27. The van der Waals surface area contributed by atoms with Gasteiger partial charge < -0.3 is 0 Å². The van der Waals surface area contributed by atoms with Gasteiger partial charge in [0.05, 0.1) is 22.0 Å². The van der Waals surface area contributed by atoms with Crippen LogP contribution in [-0.2, 0) is 4.79 Å². The number of carbonyl (C=O) groups is 2. The van der Waals surface area contributed by atoms with E-state index in [9.17, 15) is 19.7 Å². The number of aryl methyl sites for hydroxylation is 1. The minimum absolute atomic E-state index is 0.0350. The van der Waals surface area contributed by atoms with E-state index in [1.54, 1.807) is 19.2 Å². The molecule has 27 heavy (non-hydrogen) atoms. The number of hydrogen-bond donors (Lipinski definition) is 0. The molecule has 3 rings (SSSR count). The van der Waals surface area contributed by atoms with Gasteiger partial charge in [-0.25, -0.2) is 4.98 Å². The highest BCUT2D eigenvalue weighted by molar-refractivity contribution is 6.42. The van der Waals surface area contributed by atoms with E-state index in [-0.39, 0.29) is 27.5 Å². The number of nitro groups is 1. The molecule has 0 aromatic carbocycles. The average Bonchev–Trinajstić information content (AvgIpc) is 2.57. The number of nitrogens with zero attached hydrogens (tertiary/aromatic N) is 4. The smallest absolute Gasteiger partial charge is 0.286 e. The van der Waals surface area contributed by atoms with Crippen molar-refractivity contribution in [1.82, 2.24) is 9.97 Å². The zero-order valence-electron chi connectivity index (χ0n) is 14.6. The molecule has 1 amide bonds. The second kappa shape index (κ2) is 6.86. The monoisotopic (exact) mass is 408 g/mol. The van der Waals surface area contributed by atoms with Crippen LogP contribution in [0.1, 0.15) is 41.4 Å². The predicted molar refractivity (Wildman–Crippen MR) is 99.6 cm³/mol. The fourth-order valence-electron chi connectivity index (χ4n) is 2.98. The summed E-state index contributed by atoms with van der Waals surface area (Å²) in [5.41, 5.74) is 1.41. The molecule has 3 heterocycles. The van der Waals surface area contributed by atoms with Crippen molar-refractivity contribution in [2.45, 2.75) is 32.7 Å². The summed E-state index contributed by atoms with van der Waals surface area (Å²) in [5.74, 6) is -2.17. The van der Waals surface area contributed by atoms with Crippen LogP contribution in [0.2, 0.25) is 10.2 Å². The molecule has 140 valence electrons. The summed E-state index contributed by atoms with van der Waals surface area (Å²) in [5, 5.41) is 11.3. The van der Waals surface area contributed by atoms with Gasteiger partial charge in [-0.05, 0) is 30.5 Å². The number of fused-ring (bicyclic) bond motifs is 1. The van der Waals surface area contributed by atoms with Crippen molar-refractivity contribution in [2.24, 2.45) is 0 Å². The van der Waals surface area contributed by atoms with Gasteiger partial charge in [0.2, 0.25) is 5.78 Å². The van der Waals surface area contributed by atoms with Gasteiger partial charge >= 0.3 is 11.9 Å². The minimum atomic E-state index is -2.09. The number of ketones is 1. The Balaban J connectivity index is 2.38. The van der Waals surface area contributed by atoms with Gasteiger partial charge in [-0.1, -0.05) is 37.0 Å². The predicted octanol–water partition coefficient (Wildman–Crippen LogP) is 3.72. The molecule has 0 saturated heterocycles. The number of Topliss-reactive ketones (excluding diaryl/α,β-unsaturated/α-hetero) is 1. The molecule has 0 bridgehead atoms. The lowest BCUT2D eigenvalue weighted by Gasteiger charge is -2.31. The van der Waals surface area contributed by atoms with Gasteiger partial charge in [0.25, 0.3) is 0 Å². The van der Waals surface area contributed by atoms with Crippen LogP contribution in [0.5, 0.6) is 0 Å². The number of anilines is 2. The van der Waals surface area contributed by atoms with Crippen LogP contribution in [0, 0.1) is 17.0 Å². The van der Waals surface area contributed by atoms with Crippen LogP contribution in [0.4, 0.5) is 11.5 Å². The molecule has 2 aromatic rings. The van der Waals surface area contributed by atoms with Gasteiger partial charge in [-0.15, -0.1) is 0 Å². The summed E-state index contributed by atoms with van der Waals surface area (Å²) in [4.78, 5) is 45.5. The zero-order valence-corrected chi connectivity index (χ0v) is 16.1. The maximum Gasteiger partial charge on any atom is 0.352 e. The Bertz CT molecular complexity index is 993. The first-order valence-corrected chi connectivity index (χ1v) is 8.74. The van der Waals surface area contributed by atoms with Crippen molar-refractivity contribution in [2.75, 3.05) is 4.90 Å². The van der Waals surface area contributed by atoms with Gasteiger partial charge in [-0.2, -0.15) is 0 Å². The number of aromatic nitrogens is 2. The molecular formula is C17H14Cl2N4O4.